The average Bonchev–Trinajstić information content (AvgIpc) is 3.10. The third-order valence-electron chi connectivity index (χ3n) is 3.57. The van der Waals surface area contributed by atoms with E-state index in [-0.39, 0.29) is 18.6 Å². The maximum absolute atomic E-state index is 12.2. The molecule has 0 aliphatic carbocycles. The van der Waals surface area contributed by atoms with Gasteiger partial charge in [0, 0.05) is 16.3 Å². The van der Waals surface area contributed by atoms with Crippen LogP contribution < -0.4 is 5.32 Å². The van der Waals surface area contributed by atoms with E-state index in [0.29, 0.717) is 27.7 Å². The van der Waals surface area contributed by atoms with E-state index in [0.717, 1.165) is 0 Å². The number of hydrogen-bond acceptors (Lipinski definition) is 6. The zero-order chi connectivity index (χ0) is 20.1. The van der Waals surface area contributed by atoms with Crippen LogP contribution in [0.3, 0.4) is 0 Å². The van der Waals surface area contributed by atoms with Gasteiger partial charge in [-0.3, -0.25) is 4.79 Å². The van der Waals surface area contributed by atoms with Gasteiger partial charge in [0.2, 0.25) is 11.7 Å². The van der Waals surface area contributed by atoms with Crippen molar-refractivity contribution in [1.82, 2.24) is 20.2 Å². The lowest BCUT2D eigenvalue weighted by atomic mass is 10.2. The van der Waals surface area contributed by atoms with Gasteiger partial charge in [-0.05, 0) is 55.5 Å². The second kappa shape index (κ2) is 8.62. The normalized spacial score (nSPS) is 10.7. The van der Waals surface area contributed by atoms with E-state index in [4.69, 9.17) is 16.3 Å². The van der Waals surface area contributed by atoms with Crippen LogP contribution >= 0.6 is 11.6 Å². The Morgan fingerprint density at radius 3 is 2.61 bits per heavy atom. The van der Waals surface area contributed by atoms with E-state index in [1.807, 2.05) is 0 Å². The van der Waals surface area contributed by atoms with Gasteiger partial charge in [0.05, 0.1) is 11.7 Å². The Kier molecular flexibility index (Phi) is 6.00. The summed E-state index contributed by atoms with van der Waals surface area (Å²) in [6, 6.07) is 13.5. The summed E-state index contributed by atoms with van der Waals surface area (Å²) >= 11 is 5.96. The molecule has 2 aromatic carbocycles. The van der Waals surface area contributed by atoms with Crippen LogP contribution in [-0.2, 0) is 16.1 Å². The molecule has 8 nitrogen and oxygen atoms in total. The van der Waals surface area contributed by atoms with Gasteiger partial charge in [-0.2, -0.15) is 4.80 Å². The van der Waals surface area contributed by atoms with Gasteiger partial charge in [0.1, 0.15) is 6.54 Å². The molecule has 0 aliphatic heterocycles. The van der Waals surface area contributed by atoms with E-state index < -0.39 is 5.97 Å². The summed E-state index contributed by atoms with van der Waals surface area (Å²) in [6.07, 6.45) is -0.195. The summed E-state index contributed by atoms with van der Waals surface area (Å²) < 4.78 is 5.12. The highest BCUT2D eigenvalue weighted by atomic mass is 35.5. The average molecular weight is 400 g/mol. The fraction of sp³-hybridized carbons (Fsp3) is 0.211. The number of nitrogens with one attached hydrogen (secondary N) is 1. The Morgan fingerprint density at radius 1 is 1.18 bits per heavy atom. The molecule has 1 heterocycles. The molecular formula is C19H18ClN5O3. The maximum atomic E-state index is 12.2. The van der Waals surface area contributed by atoms with Crippen molar-refractivity contribution in [2.75, 3.05) is 5.32 Å². The molecular weight excluding hydrogens is 382 g/mol. The van der Waals surface area contributed by atoms with Crippen LogP contribution in [0.25, 0.3) is 11.4 Å². The molecule has 1 aromatic heterocycles. The molecule has 144 valence electrons. The van der Waals surface area contributed by atoms with Crippen molar-refractivity contribution in [3.63, 3.8) is 0 Å². The lowest BCUT2D eigenvalue weighted by molar-refractivity contribution is -0.117. The van der Waals surface area contributed by atoms with Crippen LogP contribution in [0.4, 0.5) is 5.69 Å². The van der Waals surface area contributed by atoms with Crippen LogP contribution in [0.2, 0.25) is 5.02 Å². The number of carbonyl (C=O) groups excluding carboxylic acids is 2. The molecule has 0 bridgehead atoms. The molecule has 0 saturated carbocycles. The van der Waals surface area contributed by atoms with Crippen molar-refractivity contribution >= 4 is 29.2 Å². The number of benzene rings is 2. The number of amides is 1. The summed E-state index contributed by atoms with van der Waals surface area (Å²) in [5.74, 6) is -0.357. The van der Waals surface area contributed by atoms with E-state index >= 15 is 0 Å². The van der Waals surface area contributed by atoms with Gasteiger partial charge in [-0.15, -0.1) is 10.2 Å². The van der Waals surface area contributed by atoms with E-state index in [1.165, 1.54) is 4.80 Å². The first-order chi connectivity index (χ1) is 13.4. The number of rotatable bonds is 6. The summed E-state index contributed by atoms with van der Waals surface area (Å²) in [7, 11) is 0. The summed E-state index contributed by atoms with van der Waals surface area (Å²) in [5.41, 5.74) is 1.67. The Bertz CT molecular complexity index is 985. The van der Waals surface area contributed by atoms with Gasteiger partial charge in [-0.25, -0.2) is 4.79 Å². The predicted octanol–water partition coefficient (Wildman–Crippen LogP) is 3.20. The second-order valence-corrected chi connectivity index (χ2v) is 6.67. The first-order valence-electron chi connectivity index (χ1n) is 8.55. The number of esters is 1. The Morgan fingerprint density at radius 2 is 1.93 bits per heavy atom. The molecule has 3 rings (SSSR count). The minimum absolute atomic E-state index is 0.106. The second-order valence-electron chi connectivity index (χ2n) is 6.23. The quantitative estimate of drug-likeness (QED) is 0.639. The molecule has 1 amide bonds. The molecule has 0 radical (unpaired) electrons. The minimum Gasteiger partial charge on any atom is -0.459 e. The smallest absolute Gasteiger partial charge is 0.338 e. The standard InChI is InChI=1S/C19H18ClN5O3/c1-12(2)28-19(27)13-6-8-16(9-7-13)21-17(26)11-25-23-18(22-24-25)14-4-3-5-15(20)10-14/h3-10,12H,11H2,1-2H3,(H,21,26). The third-order valence-corrected chi connectivity index (χ3v) is 3.80. The minimum atomic E-state index is -0.409. The molecule has 0 spiro atoms. The van der Waals surface area contributed by atoms with Crippen molar-refractivity contribution in [2.24, 2.45) is 0 Å². The van der Waals surface area contributed by atoms with E-state index in [9.17, 15) is 9.59 Å². The van der Waals surface area contributed by atoms with Crippen LogP contribution in [-0.4, -0.2) is 38.2 Å². The fourth-order valence-electron chi connectivity index (χ4n) is 2.35. The highest BCUT2D eigenvalue weighted by Crippen LogP contribution is 2.18. The predicted molar refractivity (Wildman–Crippen MR) is 104 cm³/mol. The molecule has 0 atom stereocenters. The number of anilines is 1. The molecule has 9 heteroatoms. The summed E-state index contributed by atoms with van der Waals surface area (Å²) in [6.45, 7) is 3.45. The van der Waals surface area contributed by atoms with Gasteiger partial charge in [0.15, 0.2) is 0 Å². The summed E-state index contributed by atoms with van der Waals surface area (Å²) in [4.78, 5) is 25.2. The Labute approximate surface area is 166 Å². The molecule has 1 N–H and O–H groups in total. The number of tetrazole rings is 1. The number of nitrogens with zero attached hydrogens (tertiary/aromatic N) is 4. The van der Waals surface area contributed by atoms with Gasteiger partial charge < -0.3 is 10.1 Å². The topological polar surface area (TPSA) is 99.0 Å². The zero-order valence-electron chi connectivity index (χ0n) is 15.3. The van der Waals surface area contributed by atoms with Crippen LogP contribution in [0.1, 0.15) is 24.2 Å². The monoisotopic (exact) mass is 399 g/mol. The number of ether oxygens (including phenoxy) is 1. The van der Waals surface area contributed by atoms with Crippen molar-refractivity contribution < 1.29 is 14.3 Å². The lowest BCUT2D eigenvalue weighted by Gasteiger charge is -2.09. The molecule has 0 fully saturated rings. The van der Waals surface area contributed by atoms with Gasteiger partial charge in [-0.1, -0.05) is 23.7 Å². The first kappa shape index (κ1) is 19.5. The Balaban J connectivity index is 1.59. The van der Waals surface area contributed by atoms with Gasteiger partial charge >= 0.3 is 5.97 Å². The highest BCUT2D eigenvalue weighted by Gasteiger charge is 2.12. The molecule has 3 aromatic rings. The van der Waals surface area contributed by atoms with E-state index in [1.54, 1.807) is 62.4 Å². The van der Waals surface area contributed by atoms with Crippen LogP contribution in [0.5, 0.6) is 0 Å². The Hall–Kier alpha value is -3.26. The highest BCUT2D eigenvalue weighted by molar-refractivity contribution is 6.30. The van der Waals surface area contributed by atoms with Crippen molar-refractivity contribution in [1.29, 1.82) is 0 Å². The number of hydrogen-bond donors (Lipinski definition) is 1. The number of aromatic nitrogens is 4. The molecule has 0 aliphatic rings. The van der Waals surface area contributed by atoms with Gasteiger partial charge in [0.25, 0.3) is 0 Å². The first-order valence-corrected chi connectivity index (χ1v) is 8.93. The van der Waals surface area contributed by atoms with Crippen molar-refractivity contribution in [3.05, 3.63) is 59.1 Å². The fourth-order valence-corrected chi connectivity index (χ4v) is 2.54. The molecule has 0 saturated heterocycles. The number of halogens is 1. The SMILES string of the molecule is CC(C)OC(=O)c1ccc(NC(=O)Cn2nnc(-c3cccc(Cl)c3)n2)cc1. The third kappa shape index (κ3) is 5.14. The lowest BCUT2D eigenvalue weighted by Crippen LogP contribution is -2.20. The molecule has 28 heavy (non-hydrogen) atoms. The van der Waals surface area contributed by atoms with E-state index in [2.05, 4.69) is 20.7 Å². The van der Waals surface area contributed by atoms with Crippen LogP contribution in [0, 0.1) is 0 Å². The summed E-state index contributed by atoms with van der Waals surface area (Å²) in [5, 5.41) is 15.3. The zero-order valence-corrected chi connectivity index (χ0v) is 16.1. The molecule has 0 unspecified atom stereocenters. The number of carbonyl (C=O) groups is 2. The van der Waals surface area contributed by atoms with Crippen molar-refractivity contribution in [3.8, 4) is 11.4 Å². The largest absolute Gasteiger partial charge is 0.459 e. The van der Waals surface area contributed by atoms with Crippen molar-refractivity contribution in [2.45, 2.75) is 26.5 Å². The maximum Gasteiger partial charge on any atom is 0.338 e. The van der Waals surface area contributed by atoms with Crippen LogP contribution in [0.15, 0.2) is 48.5 Å².